The molecule has 0 bridgehead atoms. The Hall–Kier alpha value is -1.31. The highest BCUT2D eigenvalue weighted by atomic mass is 16.5. The maximum atomic E-state index is 11.4. The number of carbonyl (C=O) groups excluding carboxylic acids is 1. The van der Waals surface area contributed by atoms with Crippen LogP contribution in [-0.4, -0.2) is 13.1 Å². The first-order chi connectivity index (χ1) is 9.46. The number of hydrogen-bond donors (Lipinski definition) is 0. The van der Waals surface area contributed by atoms with Gasteiger partial charge in [0.1, 0.15) is 0 Å². The van der Waals surface area contributed by atoms with Crippen LogP contribution in [0.15, 0.2) is 12.1 Å². The van der Waals surface area contributed by atoms with Gasteiger partial charge in [-0.3, -0.25) is 4.79 Å². The quantitative estimate of drug-likeness (QED) is 0.754. The molecule has 0 N–H and O–H groups in total. The van der Waals surface area contributed by atoms with E-state index in [1.54, 1.807) is 0 Å². The third-order valence-electron chi connectivity index (χ3n) is 3.93. The SMILES string of the molecule is COC(=O)CCc1cc(C(C)(C)C)c(C)c(C(C)(C)C)c1. The van der Waals surface area contributed by atoms with Crippen LogP contribution < -0.4 is 0 Å². The summed E-state index contributed by atoms with van der Waals surface area (Å²) in [6, 6.07) is 4.51. The topological polar surface area (TPSA) is 26.3 Å². The van der Waals surface area contributed by atoms with Crippen LogP contribution in [0, 0.1) is 6.92 Å². The van der Waals surface area contributed by atoms with Crippen molar-refractivity contribution in [3.63, 3.8) is 0 Å². The van der Waals surface area contributed by atoms with Crippen LogP contribution >= 0.6 is 0 Å². The third kappa shape index (κ3) is 4.59. The van der Waals surface area contributed by atoms with E-state index in [9.17, 15) is 4.79 Å². The molecule has 2 nitrogen and oxygen atoms in total. The van der Waals surface area contributed by atoms with Gasteiger partial charge >= 0.3 is 5.97 Å². The summed E-state index contributed by atoms with van der Waals surface area (Å²) >= 11 is 0. The minimum Gasteiger partial charge on any atom is -0.469 e. The van der Waals surface area contributed by atoms with Crippen LogP contribution in [-0.2, 0) is 26.8 Å². The van der Waals surface area contributed by atoms with Crippen molar-refractivity contribution in [1.82, 2.24) is 0 Å². The molecule has 0 amide bonds. The number of methoxy groups -OCH3 is 1. The van der Waals surface area contributed by atoms with E-state index in [-0.39, 0.29) is 16.8 Å². The predicted molar refractivity (Wildman–Crippen MR) is 88.9 cm³/mol. The first-order valence-corrected chi connectivity index (χ1v) is 7.68. The molecular formula is C19H30O2. The summed E-state index contributed by atoms with van der Waals surface area (Å²) in [6.45, 7) is 15.7. The van der Waals surface area contributed by atoms with Crippen molar-refractivity contribution < 1.29 is 9.53 Å². The van der Waals surface area contributed by atoms with Gasteiger partial charge in [0.05, 0.1) is 7.11 Å². The molecule has 0 aliphatic rings. The summed E-state index contributed by atoms with van der Waals surface area (Å²) in [4.78, 5) is 11.4. The smallest absolute Gasteiger partial charge is 0.305 e. The fourth-order valence-electron chi connectivity index (χ4n) is 2.82. The van der Waals surface area contributed by atoms with Crippen molar-refractivity contribution in [2.75, 3.05) is 7.11 Å². The standard InChI is InChI=1S/C19H30O2/c1-13-15(18(2,3)4)11-14(9-10-17(20)21-8)12-16(13)19(5,6)7/h11-12H,9-10H2,1-8H3. The molecule has 0 aromatic heterocycles. The average Bonchev–Trinajstić information content (AvgIpc) is 2.34. The zero-order valence-electron chi connectivity index (χ0n) is 14.9. The van der Waals surface area contributed by atoms with Crippen LogP contribution in [0.25, 0.3) is 0 Å². The van der Waals surface area contributed by atoms with Crippen LogP contribution in [0.3, 0.4) is 0 Å². The van der Waals surface area contributed by atoms with Gasteiger partial charge in [-0.25, -0.2) is 0 Å². The second kappa shape index (κ2) is 6.21. The number of hydrogen-bond acceptors (Lipinski definition) is 2. The van der Waals surface area contributed by atoms with E-state index >= 15 is 0 Å². The van der Waals surface area contributed by atoms with E-state index in [2.05, 4.69) is 60.6 Å². The summed E-state index contributed by atoms with van der Waals surface area (Å²) in [5.41, 5.74) is 5.54. The van der Waals surface area contributed by atoms with Gasteiger partial charge in [0.25, 0.3) is 0 Å². The fraction of sp³-hybridized carbons (Fsp3) is 0.632. The molecule has 0 unspecified atom stereocenters. The van der Waals surface area contributed by atoms with Gasteiger partial charge in [-0.1, -0.05) is 53.7 Å². The predicted octanol–water partition coefficient (Wildman–Crippen LogP) is 4.70. The van der Waals surface area contributed by atoms with E-state index in [0.29, 0.717) is 6.42 Å². The lowest BCUT2D eigenvalue weighted by molar-refractivity contribution is -0.140. The molecule has 0 spiro atoms. The number of aryl methyl sites for hydroxylation is 1. The highest BCUT2D eigenvalue weighted by molar-refractivity contribution is 5.69. The Labute approximate surface area is 129 Å². The summed E-state index contributed by atoms with van der Waals surface area (Å²) < 4.78 is 4.75. The van der Waals surface area contributed by atoms with Crippen LogP contribution in [0.2, 0.25) is 0 Å². The number of esters is 1. The molecule has 118 valence electrons. The molecule has 2 heteroatoms. The molecule has 0 aliphatic heterocycles. The Balaban J connectivity index is 3.31. The van der Waals surface area contributed by atoms with Gasteiger partial charge in [0.15, 0.2) is 0 Å². The zero-order chi connectivity index (χ0) is 16.4. The highest BCUT2D eigenvalue weighted by Gasteiger charge is 2.24. The van der Waals surface area contributed by atoms with Crippen molar-refractivity contribution in [2.45, 2.75) is 72.1 Å². The average molecular weight is 290 g/mol. The van der Waals surface area contributed by atoms with Crippen molar-refractivity contribution in [3.05, 3.63) is 34.4 Å². The van der Waals surface area contributed by atoms with E-state index in [4.69, 9.17) is 4.74 Å². The number of carbonyl (C=O) groups is 1. The van der Waals surface area contributed by atoms with Crippen molar-refractivity contribution in [3.8, 4) is 0 Å². The molecule has 21 heavy (non-hydrogen) atoms. The molecule has 1 aromatic rings. The molecule has 0 heterocycles. The van der Waals surface area contributed by atoms with E-state index < -0.39 is 0 Å². The number of benzene rings is 1. The summed E-state index contributed by atoms with van der Waals surface area (Å²) in [7, 11) is 1.44. The molecule has 1 aromatic carbocycles. The van der Waals surface area contributed by atoms with Gasteiger partial charge < -0.3 is 4.74 Å². The fourth-order valence-corrected chi connectivity index (χ4v) is 2.82. The second-order valence-electron chi connectivity index (χ2n) is 7.89. The van der Waals surface area contributed by atoms with Crippen molar-refractivity contribution >= 4 is 5.97 Å². The molecule has 0 aliphatic carbocycles. The molecule has 0 saturated heterocycles. The minimum atomic E-state index is -0.148. The monoisotopic (exact) mass is 290 g/mol. The number of rotatable bonds is 3. The molecule has 0 atom stereocenters. The van der Waals surface area contributed by atoms with Gasteiger partial charge in [0.2, 0.25) is 0 Å². The van der Waals surface area contributed by atoms with Crippen molar-refractivity contribution in [2.24, 2.45) is 0 Å². The lowest BCUT2D eigenvalue weighted by Crippen LogP contribution is -2.20. The molecule has 0 saturated carbocycles. The van der Waals surface area contributed by atoms with Gasteiger partial charge in [0, 0.05) is 6.42 Å². The first kappa shape index (κ1) is 17.7. The third-order valence-corrected chi connectivity index (χ3v) is 3.93. The lowest BCUT2D eigenvalue weighted by atomic mass is 9.75. The largest absolute Gasteiger partial charge is 0.469 e. The maximum absolute atomic E-state index is 11.4. The molecule has 1 rings (SSSR count). The Morgan fingerprint density at radius 3 is 1.76 bits per heavy atom. The Morgan fingerprint density at radius 1 is 1.00 bits per heavy atom. The van der Waals surface area contributed by atoms with Gasteiger partial charge in [-0.15, -0.1) is 0 Å². The maximum Gasteiger partial charge on any atom is 0.305 e. The Morgan fingerprint density at radius 2 is 1.43 bits per heavy atom. The molecular weight excluding hydrogens is 260 g/mol. The molecule has 0 fully saturated rings. The first-order valence-electron chi connectivity index (χ1n) is 7.68. The normalized spacial score (nSPS) is 12.4. The van der Waals surface area contributed by atoms with E-state index in [1.165, 1.54) is 29.4 Å². The second-order valence-corrected chi connectivity index (χ2v) is 7.89. The Bertz CT molecular complexity index is 478. The summed E-state index contributed by atoms with van der Waals surface area (Å²) in [6.07, 6.45) is 1.17. The van der Waals surface area contributed by atoms with Crippen LogP contribution in [0.1, 0.15) is 70.2 Å². The number of ether oxygens (including phenoxy) is 1. The van der Waals surface area contributed by atoms with Gasteiger partial charge in [-0.2, -0.15) is 0 Å². The van der Waals surface area contributed by atoms with E-state index in [0.717, 1.165) is 6.42 Å². The Kier molecular flexibility index (Phi) is 5.25. The summed E-state index contributed by atoms with van der Waals surface area (Å²) in [5, 5.41) is 0. The lowest BCUT2D eigenvalue weighted by Gasteiger charge is -2.30. The van der Waals surface area contributed by atoms with Crippen molar-refractivity contribution in [1.29, 1.82) is 0 Å². The highest BCUT2D eigenvalue weighted by Crippen LogP contribution is 2.34. The van der Waals surface area contributed by atoms with Crippen LogP contribution in [0.4, 0.5) is 0 Å². The minimum absolute atomic E-state index is 0.103. The van der Waals surface area contributed by atoms with Crippen LogP contribution in [0.5, 0.6) is 0 Å². The molecule has 0 radical (unpaired) electrons. The van der Waals surface area contributed by atoms with Gasteiger partial charge in [-0.05, 0) is 46.4 Å². The van der Waals surface area contributed by atoms with E-state index in [1.807, 2.05) is 0 Å². The summed E-state index contributed by atoms with van der Waals surface area (Å²) in [5.74, 6) is -0.148. The zero-order valence-corrected chi connectivity index (χ0v) is 14.9.